The van der Waals surface area contributed by atoms with E-state index in [1.54, 1.807) is 29.2 Å². The average Bonchev–Trinajstić information content (AvgIpc) is 2.74. The third kappa shape index (κ3) is 5.51. The monoisotopic (exact) mass is 428 g/mol. The molecular weight excluding hydrogens is 404 g/mol. The molecule has 0 bridgehead atoms. The zero-order valence-electron chi connectivity index (χ0n) is 17.0. The quantitative estimate of drug-likeness (QED) is 0.731. The van der Waals surface area contributed by atoms with Crippen LogP contribution in [0.5, 0.6) is 0 Å². The minimum atomic E-state index is -0.660. The van der Waals surface area contributed by atoms with Gasteiger partial charge >= 0.3 is 11.8 Å². The first-order valence-electron chi connectivity index (χ1n) is 9.80. The van der Waals surface area contributed by atoms with E-state index in [4.69, 9.17) is 11.6 Å². The van der Waals surface area contributed by atoms with Gasteiger partial charge in [0.2, 0.25) is 5.91 Å². The summed E-state index contributed by atoms with van der Waals surface area (Å²) < 4.78 is 0. The molecule has 0 aliphatic carbocycles. The van der Waals surface area contributed by atoms with Crippen molar-refractivity contribution in [2.45, 2.75) is 25.8 Å². The third-order valence-electron chi connectivity index (χ3n) is 5.19. The number of hydrogen-bond acceptors (Lipinski definition) is 4. The molecule has 7 nitrogen and oxygen atoms in total. The molecule has 1 aliphatic heterocycles. The summed E-state index contributed by atoms with van der Waals surface area (Å²) in [4.78, 5) is 39.7. The van der Waals surface area contributed by atoms with Gasteiger partial charge in [0, 0.05) is 55.2 Å². The topological polar surface area (TPSA) is 81.8 Å². The first-order valence-corrected chi connectivity index (χ1v) is 10.2. The first kappa shape index (κ1) is 21.6. The number of carbonyl (C=O) groups excluding carboxylic acids is 3. The fraction of sp³-hybridized carbons (Fsp3) is 0.318. The lowest BCUT2D eigenvalue weighted by Gasteiger charge is -2.37. The molecule has 1 heterocycles. The Morgan fingerprint density at radius 1 is 0.933 bits per heavy atom. The summed E-state index contributed by atoms with van der Waals surface area (Å²) in [5.41, 5.74) is 2.20. The number of likely N-dealkylation sites (tertiary alicyclic amines) is 1. The Morgan fingerprint density at radius 2 is 1.47 bits per heavy atom. The van der Waals surface area contributed by atoms with Gasteiger partial charge in [0.1, 0.15) is 0 Å². The number of carbonyl (C=O) groups is 3. The molecule has 1 saturated heterocycles. The van der Waals surface area contributed by atoms with Crippen molar-refractivity contribution in [2.24, 2.45) is 0 Å². The largest absolute Gasteiger partial charge is 0.371 e. The number of hydrogen-bond donors (Lipinski definition) is 2. The number of rotatable bonds is 4. The van der Waals surface area contributed by atoms with Crippen LogP contribution in [0.4, 0.5) is 17.1 Å². The van der Waals surface area contributed by atoms with Crippen LogP contribution < -0.4 is 15.5 Å². The molecule has 0 aromatic heterocycles. The molecule has 8 heteroatoms. The second-order valence-corrected chi connectivity index (χ2v) is 7.76. The third-order valence-corrected chi connectivity index (χ3v) is 5.44. The van der Waals surface area contributed by atoms with Gasteiger partial charge in [0.25, 0.3) is 0 Å². The lowest BCUT2D eigenvalue weighted by molar-refractivity contribution is -0.143. The summed E-state index contributed by atoms with van der Waals surface area (Å²) in [5, 5.41) is 5.97. The van der Waals surface area contributed by atoms with Crippen LogP contribution in [0.2, 0.25) is 5.02 Å². The lowest BCUT2D eigenvalue weighted by atomic mass is 10.0. The van der Waals surface area contributed by atoms with Crippen LogP contribution in [0.15, 0.2) is 48.5 Å². The van der Waals surface area contributed by atoms with Crippen molar-refractivity contribution in [1.29, 1.82) is 0 Å². The van der Waals surface area contributed by atoms with Gasteiger partial charge in [0.05, 0.1) is 0 Å². The number of nitrogens with one attached hydrogen (secondary N) is 2. The Balaban J connectivity index is 1.51. The average molecular weight is 429 g/mol. The molecule has 158 valence electrons. The molecule has 30 heavy (non-hydrogen) atoms. The Hall–Kier alpha value is -3.06. The number of nitrogens with zero attached hydrogens (tertiary/aromatic N) is 2. The van der Waals surface area contributed by atoms with Crippen LogP contribution in [-0.2, 0) is 14.4 Å². The van der Waals surface area contributed by atoms with Crippen molar-refractivity contribution in [3.8, 4) is 0 Å². The predicted octanol–water partition coefficient (Wildman–Crippen LogP) is 3.36. The Bertz CT molecular complexity index is 907. The summed E-state index contributed by atoms with van der Waals surface area (Å²) >= 11 is 5.95. The smallest absolute Gasteiger partial charge is 0.313 e. The molecular formula is C22H25ClN4O3. The van der Waals surface area contributed by atoms with Crippen LogP contribution in [0, 0.1) is 0 Å². The summed E-state index contributed by atoms with van der Waals surface area (Å²) in [7, 11) is 2.03. The van der Waals surface area contributed by atoms with E-state index in [2.05, 4.69) is 15.5 Å². The molecule has 0 atom stereocenters. The Morgan fingerprint density at radius 3 is 2.00 bits per heavy atom. The molecule has 3 rings (SSSR count). The van der Waals surface area contributed by atoms with Crippen molar-refractivity contribution >= 4 is 46.4 Å². The lowest BCUT2D eigenvalue weighted by Crippen LogP contribution is -2.48. The number of anilines is 3. The highest BCUT2D eigenvalue weighted by molar-refractivity contribution is 6.39. The van der Waals surface area contributed by atoms with Gasteiger partial charge in [-0.15, -0.1) is 0 Å². The minimum absolute atomic E-state index is 0.174. The maximum atomic E-state index is 12.5. The second kappa shape index (κ2) is 9.63. The fourth-order valence-electron chi connectivity index (χ4n) is 3.51. The highest BCUT2D eigenvalue weighted by Crippen LogP contribution is 2.24. The van der Waals surface area contributed by atoms with Crippen molar-refractivity contribution < 1.29 is 14.4 Å². The second-order valence-electron chi connectivity index (χ2n) is 7.32. The molecule has 0 unspecified atom stereocenters. The zero-order chi connectivity index (χ0) is 21.7. The Labute approximate surface area is 181 Å². The fourth-order valence-corrected chi connectivity index (χ4v) is 3.64. The van der Waals surface area contributed by atoms with E-state index in [-0.39, 0.29) is 5.91 Å². The molecule has 1 fully saturated rings. The standard InChI is InChI=1S/C22H25ClN4O3/c1-15(28)24-17-5-7-18(8-6-17)25-21(29)22(30)27-13-11-20(12-14-27)26(2)19-9-3-16(23)4-10-19/h3-10,20H,11-14H2,1-2H3,(H,24,28)(H,25,29). The van der Waals surface area contributed by atoms with Gasteiger partial charge in [-0.05, 0) is 61.4 Å². The molecule has 0 spiro atoms. The normalized spacial score (nSPS) is 14.2. The molecule has 1 aliphatic rings. The molecule has 2 N–H and O–H groups in total. The van der Waals surface area contributed by atoms with E-state index in [1.165, 1.54) is 6.92 Å². The number of halogens is 1. The summed E-state index contributed by atoms with van der Waals surface area (Å²) in [6.45, 7) is 2.47. The van der Waals surface area contributed by atoms with E-state index in [0.29, 0.717) is 35.5 Å². The number of amides is 3. The zero-order valence-corrected chi connectivity index (χ0v) is 17.8. The van der Waals surface area contributed by atoms with E-state index >= 15 is 0 Å². The van der Waals surface area contributed by atoms with Gasteiger partial charge in [-0.2, -0.15) is 0 Å². The van der Waals surface area contributed by atoms with Crippen LogP contribution in [0.3, 0.4) is 0 Å². The van der Waals surface area contributed by atoms with Gasteiger partial charge in [-0.3, -0.25) is 14.4 Å². The molecule has 0 radical (unpaired) electrons. The van der Waals surface area contributed by atoms with Gasteiger partial charge in [0.15, 0.2) is 0 Å². The minimum Gasteiger partial charge on any atom is -0.371 e. The summed E-state index contributed by atoms with van der Waals surface area (Å²) in [6.07, 6.45) is 1.56. The van der Waals surface area contributed by atoms with Crippen molar-refractivity contribution in [1.82, 2.24) is 4.90 Å². The SMILES string of the molecule is CC(=O)Nc1ccc(NC(=O)C(=O)N2CCC(N(C)c3ccc(Cl)cc3)CC2)cc1. The summed E-state index contributed by atoms with van der Waals surface area (Å²) in [5.74, 6) is -1.37. The highest BCUT2D eigenvalue weighted by atomic mass is 35.5. The van der Waals surface area contributed by atoms with Crippen LogP contribution in [0.25, 0.3) is 0 Å². The van der Waals surface area contributed by atoms with Gasteiger partial charge < -0.3 is 20.4 Å². The first-order chi connectivity index (χ1) is 14.3. The van der Waals surface area contributed by atoms with Crippen molar-refractivity contribution in [3.05, 3.63) is 53.6 Å². The van der Waals surface area contributed by atoms with Crippen LogP contribution in [0.1, 0.15) is 19.8 Å². The van der Waals surface area contributed by atoms with Crippen molar-refractivity contribution in [2.75, 3.05) is 35.7 Å². The van der Waals surface area contributed by atoms with Crippen LogP contribution >= 0.6 is 11.6 Å². The number of benzene rings is 2. The van der Waals surface area contributed by atoms with E-state index < -0.39 is 11.8 Å². The molecule has 3 amide bonds. The van der Waals surface area contributed by atoms with E-state index in [9.17, 15) is 14.4 Å². The predicted molar refractivity (Wildman–Crippen MR) is 119 cm³/mol. The van der Waals surface area contributed by atoms with E-state index in [0.717, 1.165) is 18.5 Å². The van der Waals surface area contributed by atoms with Crippen molar-refractivity contribution in [3.63, 3.8) is 0 Å². The van der Waals surface area contributed by atoms with Crippen LogP contribution in [-0.4, -0.2) is 48.8 Å². The van der Waals surface area contributed by atoms with Gasteiger partial charge in [-0.25, -0.2) is 0 Å². The molecule has 0 saturated carbocycles. The number of piperidine rings is 1. The highest BCUT2D eigenvalue weighted by Gasteiger charge is 2.28. The van der Waals surface area contributed by atoms with E-state index in [1.807, 2.05) is 31.3 Å². The van der Waals surface area contributed by atoms with Gasteiger partial charge in [-0.1, -0.05) is 11.6 Å². The Kier molecular flexibility index (Phi) is 6.95. The maximum absolute atomic E-state index is 12.5. The summed E-state index contributed by atoms with van der Waals surface area (Å²) in [6, 6.07) is 14.6. The molecule has 2 aromatic rings. The molecule has 2 aromatic carbocycles. The maximum Gasteiger partial charge on any atom is 0.313 e.